The van der Waals surface area contributed by atoms with E-state index in [1.54, 1.807) is 6.92 Å². The summed E-state index contributed by atoms with van der Waals surface area (Å²) < 4.78 is 5.69. The van der Waals surface area contributed by atoms with Gasteiger partial charge in [-0.2, -0.15) is 0 Å². The standard InChI is InChI=1S/C26H27N3O6/c1-16-11-24(30)28(25(16)31)23-10-8-19(29(33)34)12-20(23)26(32)35-15-21-18-7-9-22(21)27(14-18)13-17-5-3-2-4-6-17/h2-6,8,10,12,16,18,21-22H,7,9,11,13-15H2,1H3. The van der Waals surface area contributed by atoms with E-state index in [9.17, 15) is 24.5 Å². The van der Waals surface area contributed by atoms with E-state index in [0.717, 1.165) is 36.9 Å². The van der Waals surface area contributed by atoms with Crippen LogP contribution in [0.15, 0.2) is 48.5 Å². The number of non-ortho nitro benzene ring substituents is 1. The van der Waals surface area contributed by atoms with Gasteiger partial charge in [0, 0.05) is 49.5 Å². The number of ether oxygens (including phenoxy) is 1. The number of hydrogen-bond acceptors (Lipinski definition) is 7. The van der Waals surface area contributed by atoms with Crippen LogP contribution in [0.2, 0.25) is 0 Å². The molecule has 2 aromatic rings. The highest BCUT2D eigenvalue weighted by Gasteiger charge is 2.47. The van der Waals surface area contributed by atoms with Crippen molar-refractivity contribution in [2.24, 2.45) is 17.8 Å². The number of hydrogen-bond donors (Lipinski definition) is 0. The lowest BCUT2D eigenvalue weighted by molar-refractivity contribution is -0.384. The quantitative estimate of drug-likeness (QED) is 0.259. The van der Waals surface area contributed by atoms with Crippen LogP contribution in [0.5, 0.6) is 0 Å². The number of carbonyl (C=O) groups excluding carboxylic acids is 3. The molecule has 2 saturated heterocycles. The first-order valence-electron chi connectivity index (χ1n) is 11.9. The summed E-state index contributed by atoms with van der Waals surface area (Å²) >= 11 is 0. The minimum Gasteiger partial charge on any atom is -0.462 e. The van der Waals surface area contributed by atoms with E-state index in [0.29, 0.717) is 12.0 Å². The summed E-state index contributed by atoms with van der Waals surface area (Å²) in [4.78, 5) is 52.3. The summed E-state index contributed by atoms with van der Waals surface area (Å²) in [6.07, 6.45) is 2.15. The maximum atomic E-state index is 13.1. The third-order valence-corrected chi connectivity index (χ3v) is 7.53. The third kappa shape index (κ3) is 4.32. The van der Waals surface area contributed by atoms with E-state index < -0.39 is 28.6 Å². The normalized spacial score (nSPS) is 25.9. The summed E-state index contributed by atoms with van der Waals surface area (Å²) in [5.41, 5.74) is 0.843. The van der Waals surface area contributed by atoms with Crippen LogP contribution in [0.1, 0.15) is 42.1 Å². The van der Waals surface area contributed by atoms with Crippen molar-refractivity contribution in [3.8, 4) is 0 Å². The second-order valence-corrected chi connectivity index (χ2v) is 9.71. The van der Waals surface area contributed by atoms with Crippen molar-refractivity contribution < 1.29 is 24.0 Å². The maximum Gasteiger partial charge on any atom is 0.340 e. The van der Waals surface area contributed by atoms with Crippen LogP contribution in [-0.2, 0) is 20.9 Å². The molecule has 4 atom stereocenters. The Morgan fingerprint density at radius 3 is 2.60 bits per heavy atom. The number of rotatable bonds is 7. The Morgan fingerprint density at radius 1 is 1.14 bits per heavy atom. The van der Waals surface area contributed by atoms with Crippen molar-refractivity contribution in [3.05, 3.63) is 69.8 Å². The monoisotopic (exact) mass is 477 g/mol. The number of imide groups is 1. The van der Waals surface area contributed by atoms with Crippen molar-refractivity contribution >= 4 is 29.2 Å². The smallest absolute Gasteiger partial charge is 0.340 e. The molecule has 0 aromatic heterocycles. The molecular formula is C26H27N3O6. The molecule has 182 valence electrons. The van der Waals surface area contributed by atoms with Gasteiger partial charge in [0.1, 0.15) is 0 Å². The molecule has 4 unspecified atom stereocenters. The molecule has 0 N–H and O–H groups in total. The van der Waals surface area contributed by atoms with E-state index in [2.05, 4.69) is 17.0 Å². The highest BCUT2D eigenvalue weighted by molar-refractivity contribution is 6.22. The van der Waals surface area contributed by atoms with Crippen LogP contribution in [0.3, 0.4) is 0 Å². The fourth-order valence-electron chi connectivity index (χ4n) is 5.77. The van der Waals surface area contributed by atoms with Crippen LogP contribution in [0.25, 0.3) is 0 Å². The molecule has 35 heavy (non-hydrogen) atoms. The maximum absolute atomic E-state index is 13.1. The topological polar surface area (TPSA) is 110 Å². The Bertz CT molecular complexity index is 1180. The van der Waals surface area contributed by atoms with Gasteiger partial charge in [0.25, 0.3) is 5.69 Å². The van der Waals surface area contributed by atoms with Crippen LogP contribution >= 0.6 is 0 Å². The summed E-state index contributed by atoms with van der Waals surface area (Å²) in [5, 5.41) is 11.3. The van der Waals surface area contributed by atoms with Gasteiger partial charge in [0.05, 0.1) is 22.8 Å². The van der Waals surface area contributed by atoms with E-state index in [1.807, 2.05) is 18.2 Å². The molecule has 2 amide bonds. The molecule has 2 bridgehead atoms. The Morgan fingerprint density at radius 2 is 1.91 bits per heavy atom. The van der Waals surface area contributed by atoms with Crippen molar-refractivity contribution in [2.75, 3.05) is 18.1 Å². The first-order valence-corrected chi connectivity index (χ1v) is 11.9. The molecule has 2 heterocycles. The lowest BCUT2D eigenvalue weighted by atomic mass is 9.99. The number of benzene rings is 2. The molecule has 3 fully saturated rings. The number of piperidine rings is 1. The van der Waals surface area contributed by atoms with E-state index >= 15 is 0 Å². The van der Waals surface area contributed by atoms with Crippen LogP contribution < -0.4 is 4.90 Å². The first-order chi connectivity index (χ1) is 16.8. The average Bonchev–Trinajstić information content (AvgIpc) is 3.47. The van der Waals surface area contributed by atoms with Crippen molar-refractivity contribution in [1.82, 2.24) is 4.90 Å². The highest BCUT2D eigenvalue weighted by atomic mass is 16.6. The highest BCUT2D eigenvalue weighted by Crippen LogP contribution is 2.43. The molecule has 9 nitrogen and oxygen atoms in total. The van der Waals surface area contributed by atoms with Gasteiger partial charge in [0.2, 0.25) is 11.8 Å². The number of carbonyl (C=O) groups is 3. The number of fused-ring (bicyclic) bond motifs is 2. The van der Waals surface area contributed by atoms with Crippen molar-refractivity contribution in [2.45, 2.75) is 38.8 Å². The summed E-state index contributed by atoms with van der Waals surface area (Å²) in [7, 11) is 0. The van der Waals surface area contributed by atoms with Gasteiger partial charge >= 0.3 is 5.97 Å². The molecule has 3 aliphatic rings. The molecule has 9 heteroatoms. The van der Waals surface area contributed by atoms with Gasteiger partial charge < -0.3 is 4.74 Å². The minimum absolute atomic E-state index is 0.0347. The molecule has 5 rings (SSSR count). The fourth-order valence-corrected chi connectivity index (χ4v) is 5.77. The number of esters is 1. The predicted octanol–water partition coefficient (Wildman–Crippen LogP) is 3.56. The van der Waals surface area contributed by atoms with Crippen LogP contribution in [0, 0.1) is 27.9 Å². The van der Waals surface area contributed by atoms with E-state index in [4.69, 9.17) is 4.74 Å². The summed E-state index contributed by atoms with van der Waals surface area (Å²) in [6, 6.07) is 14.1. The predicted molar refractivity (Wildman–Crippen MR) is 127 cm³/mol. The van der Waals surface area contributed by atoms with Gasteiger partial charge in [-0.05, 0) is 30.4 Å². The second-order valence-electron chi connectivity index (χ2n) is 9.71. The van der Waals surface area contributed by atoms with Crippen molar-refractivity contribution in [1.29, 1.82) is 0 Å². The number of anilines is 1. The lowest BCUT2D eigenvalue weighted by Crippen LogP contribution is -2.34. The van der Waals surface area contributed by atoms with Gasteiger partial charge in [-0.3, -0.25) is 24.6 Å². The molecule has 0 spiro atoms. The molecule has 2 aromatic carbocycles. The second kappa shape index (κ2) is 9.22. The largest absolute Gasteiger partial charge is 0.462 e. The molecule has 1 aliphatic carbocycles. The van der Waals surface area contributed by atoms with Crippen molar-refractivity contribution in [3.63, 3.8) is 0 Å². The third-order valence-electron chi connectivity index (χ3n) is 7.53. The number of nitro benzene ring substituents is 1. The van der Waals surface area contributed by atoms with E-state index in [-0.39, 0.29) is 35.9 Å². The SMILES string of the molecule is CC1CC(=O)N(c2ccc([N+](=O)[O-])cc2C(=O)OCC2C3CCC2N(Cc2ccccc2)C3)C1=O. The minimum atomic E-state index is -0.759. The molecule has 0 radical (unpaired) electrons. The Balaban J connectivity index is 1.33. The number of amides is 2. The number of nitro groups is 1. The molecular weight excluding hydrogens is 450 g/mol. The Kier molecular flexibility index (Phi) is 6.10. The number of nitrogens with zero attached hydrogens (tertiary/aromatic N) is 3. The van der Waals surface area contributed by atoms with Crippen LogP contribution in [-0.4, -0.2) is 46.8 Å². The zero-order valence-electron chi connectivity index (χ0n) is 19.5. The molecule has 2 aliphatic heterocycles. The van der Waals surface area contributed by atoms with E-state index in [1.165, 1.54) is 17.7 Å². The Labute approximate surface area is 202 Å². The molecule has 1 saturated carbocycles. The van der Waals surface area contributed by atoms with Gasteiger partial charge in [-0.25, -0.2) is 9.69 Å². The Hall–Kier alpha value is -3.59. The zero-order valence-corrected chi connectivity index (χ0v) is 19.5. The zero-order chi connectivity index (χ0) is 24.7. The summed E-state index contributed by atoms with van der Waals surface area (Å²) in [5.74, 6) is -1.53. The van der Waals surface area contributed by atoms with Gasteiger partial charge in [-0.1, -0.05) is 37.3 Å². The number of likely N-dealkylation sites (tertiary alicyclic amines) is 1. The van der Waals surface area contributed by atoms with Gasteiger partial charge in [0.15, 0.2) is 0 Å². The fraction of sp³-hybridized carbons (Fsp3) is 0.423. The lowest BCUT2D eigenvalue weighted by Gasteiger charge is -2.27. The first kappa shape index (κ1) is 23.2. The summed E-state index contributed by atoms with van der Waals surface area (Å²) in [6.45, 7) is 3.62. The average molecular weight is 478 g/mol. The van der Waals surface area contributed by atoms with Gasteiger partial charge in [-0.15, -0.1) is 0 Å². The van der Waals surface area contributed by atoms with Crippen LogP contribution in [0.4, 0.5) is 11.4 Å².